The number of aromatic nitrogens is 2. The van der Waals surface area contributed by atoms with E-state index in [1.54, 1.807) is 37.4 Å². The van der Waals surface area contributed by atoms with Crippen molar-refractivity contribution in [1.82, 2.24) is 10.2 Å². The Labute approximate surface area is 156 Å². The third-order valence-electron chi connectivity index (χ3n) is 3.60. The highest BCUT2D eigenvalue weighted by Gasteiger charge is 2.12. The lowest BCUT2D eigenvalue weighted by molar-refractivity contribution is 0.102. The Hall–Kier alpha value is -3.12. The summed E-state index contributed by atoms with van der Waals surface area (Å²) in [6, 6.07) is 16.1. The van der Waals surface area contributed by atoms with Gasteiger partial charge in [0.25, 0.3) is 5.91 Å². The van der Waals surface area contributed by atoms with Gasteiger partial charge in [0.1, 0.15) is 5.75 Å². The summed E-state index contributed by atoms with van der Waals surface area (Å²) in [5.74, 6) is 0.726. The van der Waals surface area contributed by atoms with Crippen LogP contribution in [0.15, 0.2) is 54.6 Å². The fourth-order valence-corrected chi connectivity index (χ4v) is 2.53. The molecule has 6 nitrogen and oxygen atoms in total. The van der Waals surface area contributed by atoms with Crippen LogP contribution < -0.4 is 15.4 Å². The number of anilines is 3. The lowest BCUT2D eigenvalue weighted by Gasteiger charge is -2.11. The summed E-state index contributed by atoms with van der Waals surface area (Å²) in [7, 11) is 1.55. The van der Waals surface area contributed by atoms with Crippen molar-refractivity contribution >= 4 is 34.7 Å². The van der Waals surface area contributed by atoms with Crippen molar-refractivity contribution in [2.45, 2.75) is 6.92 Å². The fourth-order valence-electron chi connectivity index (χ4n) is 2.34. The molecule has 0 saturated heterocycles. The van der Waals surface area contributed by atoms with Crippen molar-refractivity contribution in [3.63, 3.8) is 0 Å². The Morgan fingerprint density at radius 2 is 1.92 bits per heavy atom. The molecule has 0 aliphatic heterocycles. The van der Waals surface area contributed by atoms with Crippen LogP contribution in [-0.4, -0.2) is 23.2 Å². The van der Waals surface area contributed by atoms with Crippen LogP contribution in [-0.2, 0) is 0 Å². The molecule has 0 fully saturated rings. The highest BCUT2D eigenvalue weighted by Crippen LogP contribution is 2.25. The molecule has 2 aromatic carbocycles. The second-order valence-corrected chi connectivity index (χ2v) is 6.03. The van der Waals surface area contributed by atoms with Crippen LogP contribution in [0.4, 0.5) is 17.2 Å². The van der Waals surface area contributed by atoms with Crippen molar-refractivity contribution in [2.24, 2.45) is 0 Å². The first-order valence-corrected chi connectivity index (χ1v) is 8.25. The van der Waals surface area contributed by atoms with Crippen LogP contribution in [0.5, 0.6) is 5.75 Å². The predicted molar refractivity (Wildman–Crippen MR) is 102 cm³/mol. The second kappa shape index (κ2) is 7.84. The smallest absolute Gasteiger partial charge is 0.276 e. The zero-order chi connectivity index (χ0) is 18.5. The number of carbonyl (C=O) groups excluding carboxylic acids is 1. The molecule has 0 unspecified atom stereocenters. The van der Waals surface area contributed by atoms with Crippen LogP contribution in [0.25, 0.3) is 0 Å². The maximum atomic E-state index is 12.4. The van der Waals surface area contributed by atoms with Crippen LogP contribution in [0.2, 0.25) is 5.02 Å². The van der Waals surface area contributed by atoms with Crippen molar-refractivity contribution < 1.29 is 9.53 Å². The van der Waals surface area contributed by atoms with Gasteiger partial charge in [-0.05, 0) is 55.0 Å². The SMILES string of the molecule is COc1ccc(C)cc1NC(=O)c1ccc(Nc2cccc(Cl)c2)nn1. The third kappa shape index (κ3) is 4.29. The number of rotatable bonds is 5. The van der Waals surface area contributed by atoms with Gasteiger partial charge in [0, 0.05) is 10.7 Å². The van der Waals surface area contributed by atoms with E-state index in [0.29, 0.717) is 22.3 Å². The van der Waals surface area contributed by atoms with Gasteiger partial charge in [0.05, 0.1) is 12.8 Å². The molecule has 26 heavy (non-hydrogen) atoms. The zero-order valence-corrected chi connectivity index (χ0v) is 15.0. The molecule has 1 amide bonds. The normalized spacial score (nSPS) is 10.3. The van der Waals surface area contributed by atoms with Crippen LogP contribution in [0.3, 0.4) is 0 Å². The lowest BCUT2D eigenvalue weighted by Crippen LogP contribution is -2.15. The molecule has 0 saturated carbocycles. The Bertz CT molecular complexity index is 929. The van der Waals surface area contributed by atoms with Gasteiger partial charge in [-0.25, -0.2) is 0 Å². The summed E-state index contributed by atoms with van der Waals surface area (Å²) >= 11 is 5.95. The number of methoxy groups -OCH3 is 1. The van der Waals surface area contributed by atoms with E-state index in [9.17, 15) is 4.79 Å². The monoisotopic (exact) mass is 368 g/mol. The molecular formula is C19H17ClN4O2. The Morgan fingerprint density at radius 3 is 2.62 bits per heavy atom. The van der Waals surface area contributed by atoms with Gasteiger partial charge in [0.15, 0.2) is 11.5 Å². The predicted octanol–water partition coefficient (Wildman–Crippen LogP) is 4.44. The molecule has 0 aliphatic carbocycles. The number of hydrogen-bond acceptors (Lipinski definition) is 5. The summed E-state index contributed by atoms with van der Waals surface area (Å²) in [6.07, 6.45) is 0. The molecule has 132 valence electrons. The number of amides is 1. The number of ether oxygens (including phenoxy) is 1. The highest BCUT2D eigenvalue weighted by molar-refractivity contribution is 6.30. The van der Waals surface area contributed by atoms with Crippen molar-refractivity contribution in [3.8, 4) is 5.75 Å². The van der Waals surface area contributed by atoms with Gasteiger partial charge in [-0.2, -0.15) is 0 Å². The topological polar surface area (TPSA) is 76.1 Å². The second-order valence-electron chi connectivity index (χ2n) is 5.60. The minimum absolute atomic E-state index is 0.199. The highest BCUT2D eigenvalue weighted by atomic mass is 35.5. The molecule has 0 bridgehead atoms. The van der Waals surface area contributed by atoms with E-state index in [2.05, 4.69) is 20.8 Å². The zero-order valence-electron chi connectivity index (χ0n) is 14.3. The molecule has 3 rings (SSSR count). The van der Waals surface area contributed by atoms with Gasteiger partial charge in [-0.3, -0.25) is 4.79 Å². The molecule has 3 aromatic rings. The number of nitrogens with one attached hydrogen (secondary N) is 2. The summed E-state index contributed by atoms with van der Waals surface area (Å²) < 4.78 is 5.26. The lowest BCUT2D eigenvalue weighted by atomic mass is 10.2. The number of aryl methyl sites for hydroxylation is 1. The van der Waals surface area contributed by atoms with Gasteiger partial charge in [0.2, 0.25) is 0 Å². The van der Waals surface area contributed by atoms with Crippen LogP contribution in [0, 0.1) is 6.92 Å². The first-order chi connectivity index (χ1) is 12.5. The number of nitrogens with zero attached hydrogens (tertiary/aromatic N) is 2. The number of halogens is 1. The fraction of sp³-hybridized carbons (Fsp3) is 0.105. The first kappa shape index (κ1) is 17.7. The number of hydrogen-bond donors (Lipinski definition) is 2. The summed E-state index contributed by atoms with van der Waals surface area (Å²) in [4.78, 5) is 12.4. The van der Waals surface area contributed by atoms with E-state index < -0.39 is 0 Å². The summed E-state index contributed by atoms with van der Waals surface area (Å²) in [6.45, 7) is 1.94. The summed E-state index contributed by atoms with van der Waals surface area (Å²) in [5, 5.41) is 14.5. The molecule has 7 heteroatoms. The Morgan fingerprint density at radius 1 is 1.08 bits per heavy atom. The van der Waals surface area contributed by atoms with Crippen LogP contribution in [0.1, 0.15) is 16.1 Å². The average Bonchev–Trinajstić information content (AvgIpc) is 2.62. The van der Waals surface area contributed by atoms with Gasteiger partial charge in [-0.15, -0.1) is 10.2 Å². The van der Waals surface area contributed by atoms with Crippen molar-refractivity contribution in [1.29, 1.82) is 0 Å². The van der Waals surface area contributed by atoms with E-state index in [1.807, 2.05) is 31.2 Å². The van der Waals surface area contributed by atoms with Gasteiger partial charge in [-0.1, -0.05) is 23.7 Å². The minimum Gasteiger partial charge on any atom is -0.495 e. The molecule has 0 atom stereocenters. The van der Waals surface area contributed by atoms with E-state index in [0.717, 1.165) is 11.3 Å². The average molecular weight is 369 g/mol. The quantitative estimate of drug-likeness (QED) is 0.696. The minimum atomic E-state index is -0.365. The van der Waals surface area contributed by atoms with E-state index in [4.69, 9.17) is 16.3 Å². The van der Waals surface area contributed by atoms with Gasteiger partial charge >= 0.3 is 0 Å². The molecule has 2 N–H and O–H groups in total. The molecule has 1 aromatic heterocycles. The molecule has 0 spiro atoms. The van der Waals surface area contributed by atoms with E-state index in [-0.39, 0.29) is 11.6 Å². The molecule has 0 radical (unpaired) electrons. The maximum Gasteiger partial charge on any atom is 0.276 e. The molecule has 1 heterocycles. The Kier molecular flexibility index (Phi) is 5.34. The number of carbonyl (C=O) groups is 1. The van der Waals surface area contributed by atoms with E-state index in [1.165, 1.54) is 0 Å². The largest absolute Gasteiger partial charge is 0.495 e. The molecule has 0 aliphatic rings. The van der Waals surface area contributed by atoms with Crippen molar-refractivity contribution in [3.05, 3.63) is 70.9 Å². The molecular weight excluding hydrogens is 352 g/mol. The summed E-state index contributed by atoms with van der Waals surface area (Å²) in [5.41, 5.74) is 2.58. The first-order valence-electron chi connectivity index (χ1n) is 7.87. The van der Waals surface area contributed by atoms with Gasteiger partial charge < -0.3 is 15.4 Å². The van der Waals surface area contributed by atoms with E-state index >= 15 is 0 Å². The van der Waals surface area contributed by atoms with Crippen LogP contribution >= 0.6 is 11.6 Å². The van der Waals surface area contributed by atoms with Crippen molar-refractivity contribution in [2.75, 3.05) is 17.7 Å². The third-order valence-corrected chi connectivity index (χ3v) is 3.83. The standard InChI is InChI=1S/C19H17ClN4O2/c1-12-6-8-17(26-2)16(10-12)22-19(25)15-7-9-18(24-23-15)21-14-5-3-4-13(20)11-14/h3-11H,1-2H3,(H,21,24)(H,22,25). The number of benzene rings is 2. The maximum absolute atomic E-state index is 12.4. The Balaban J connectivity index is 1.72.